The molecule has 0 spiro atoms. The molecule has 0 saturated carbocycles. The fourth-order valence-electron chi connectivity index (χ4n) is 2.87. The zero-order valence-electron chi connectivity index (χ0n) is 12.4. The molecular formula is C16H25N3O. The molecule has 0 bridgehead atoms. The van der Waals surface area contributed by atoms with Crippen molar-refractivity contribution in [2.24, 2.45) is 11.7 Å². The van der Waals surface area contributed by atoms with Crippen LogP contribution in [0.5, 0.6) is 0 Å². The average molecular weight is 275 g/mol. The zero-order chi connectivity index (χ0) is 14.5. The quantitative estimate of drug-likeness (QED) is 0.882. The molecule has 1 aromatic carbocycles. The number of amides is 1. The third kappa shape index (κ3) is 4.32. The summed E-state index contributed by atoms with van der Waals surface area (Å²) in [6, 6.07) is 8.21. The number of carbonyl (C=O) groups excluding carboxylic acids is 1. The van der Waals surface area contributed by atoms with E-state index in [1.165, 1.54) is 5.56 Å². The van der Waals surface area contributed by atoms with E-state index in [0.717, 1.165) is 31.6 Å². The third-order valence-electron chi connectivity index (χ3n) is 3.78. The molecular weight excluding hydrogens is 250 g/mol. The summed E-state index contributed by atoms with van der Waals surface area (Å²) in [7, 11) is 0. The van der Waals surface area contributed by atoms with E-state index in [4.69, 9.17) is 5.73 Å². The van der Waals surface area contributed by atoms with Crippen LogP contribution in [-0.2, 0) is 11.2 Å². The van der Waals surface area contributed by atoms with Gasteiger partial charge in [-0.2, -0.15) is 0 Å². The summed E-state index contributed by atoms with van der Waals surface area (Å²) in [5.74, 6) is 0.603. The van der Waals surface area contributed by atoms with Crippen LogP contribution < -0.4 is 11.1 Å². The first kappa shape index (κ1) is 15.0. The summed E-state index contributed by atoms with van der Waals surface area (Å²) in [4.78, 5) is 14.2. The van der Waals surface area contributed by atoms with Crippen LogP contribution in [-0.4, -0.2) is 36.5 Å². The highest BCUT2D eigenvalue weighted by Crippen LogP contribution is 2.15. The fraction of sp³-hybridized carbons (Fsp3) is 0.562. The summed E-state index contributed by atoms with van der Waals surface area (Å²) in [6.07, 6.45) is 2.06. The van der Waals surface area contributed by atoms with E-state index in [2.05, 4.69) is 36.2 Å². The van der Waals surface area contributed by atoms with Crippen LogP contribution in [0.15, 0.2) is 24.3 Å². The molecule has 0 radical (unpaired) electrons. The van der Waals surface area contributed by atoms with Crippen molar-refractivity contribution >= 4 is 11.6 Å². The lowest BCUT2D eigenvalue weighted by atomic mass is 9.97. The zero-order valence-corrected chi connectivity index (χ0v) is 12.4. The van der Waals surface area contributed by atoms with Gasteiger partial charge in [0.2, 0.25) is 5.91 Å². The summed E-state index contributed by atoms with van der Waals surface area (Å²) < 4.78 is 0. The van der Waals surface area contributed by atoms with Crippen molar-refractivity contribution in [2.45, 2.75) is 32.7 Å². The predicted octanol–water partition coefficient (Wildman–Crippen LogP) is 1.86. The van der Waals surface area contributed by atoms with Gasteiger partial charge in [-0.05, 0) is 36.5 Å². The molecule has 2 rings (SSSR count). The van der Waals surface area contributed by atoms with Crippen molar-refractivity contribution in [2.75, 3.05) is 25.0 Å². The SMILES string of the molecule is CCc1ccc(NC(=O)CN2CC(C)CC(N)C2)cc1. The molecule has 2 unspecified atom stereocenters. The van der Waals surface area contributed by atoms with E-state index >= 15 is 0 Å². The van der Waals surface area contributed by atoms with Gasteiger partial charge >= 0.3 is 0 Å². The largest absolute Gasteiger partial charge is 0.327 e. The second-order valence-electron chi connectivity index (χ2n) is 5.89. The van der Waals surface area contributed by atoms with Crippen LogP contribution in [0.3, 0.4) is 0 Å². The van der Waals surface area contributed by atoms with Crippen molar-refractivity contribution in [3.63, 3.8) is 0 Å². The number of nitrogens with zero attached hydrogens (tertiary/aromatic N) is 1. The minimum atomic E-state index is 0.0375. The molecule has 1 aliphatic heterocycles. The van der Waals surface area contributed by atoms with Crippen LogP contribution in [0.25, 0.3) is 0 Å². The van der Waals surface area contributed by atoms with Gasteiger partial charge in [0.1, 0.15) is 0 Å². The van der Waals surface area contributed by atoms with Gasteiger partial charge in [0.05, 0.1) is 6.54 Å². The smallest absolute Gasteiger partial charge is 0.238 e. The Morgan fingerprint density at radius 3 is 2.65 bits per heavy atom. The molecule has 1 fully saturated rings. The van der Waals surface area contributed by atoms with Crippen molar-refractivity contribution in [1.29, 1.82) is 0 Å². The van der Waals surface area contributed by atoms with Gasteiger partial charge in [0.15, 0.2) is 0 Å². The van der Waals surface area contributed by atoms with E-state index in [9.17, 15) is 4.79 Å². The maximum Gasteiger partial charge on any atom is 0.238 e. The molecule has 0 aliphatic carbocycles. The second-order valence-corrected chi connectivity index (χ2v) is 5.89. The van der Waals surface area contributed by atoms with Gasteiger partial charge in [-0.1, -0.05) is 26.0 Å². The van der Waals surface area contributed by atoms with Crippen LogP contribution in [0.2, 0.25) is 0 Å². The molecule has 1 heterocycles. The lowest BCUT2D eigenvalue weighted by molar-refractivity contribution is -0.117. The van der Waals surface area contributed by atoms with Gasteiger partial charge in [0, 0.05) is 24.8 Å². The first-order valence-corrected chi connectivity index (χ1v) is 7.43. The molecule has 4 heteroatoms. The van der Waals surface area contributed by atoms with Crippen molar-refractivity contribution in [3.8, 4) is 0 Å². The molecule has 1 aliphatic rings. The number of anilines is 1. The highest BCUT2D eigenvalue weighted by molar-refractivity contribution is 5.92. The Kier molecular flexibility index (Phi) is 5.15. The van der Waals surface area contributed by atoms with Crippen LogP contribution >= 0.6 is 0 Å². The standard InChI is InChI=1S/C16H25N3O/c1-3-13-4-6-15(7-5-13)18-16(20)11-19-9-12(2)8-14(17)10-19/h4-7,12,14H,3,8-11,17H2,1-2H3,(H,18,20). The molecule has 20 heavy (non-hydrogen) atoms. The van der Waals surface area contributed by atoms with E-state index in [1.807, 2.05) is 12.1 Å². The normalized spacial score (nSPS) is 23.6. The Labute approximate surface area is 121 Å². The lowest BCUT2D eigenvalue weighted by Gasteiger charge is -2.34. The average Bonchev–Trinajstić information content (AvgIpc) is 2.38. The van der Waals surface area contributed by atoms with Crippen molar-refractivity contribution < 1.29 is 4.79 Å². The predicted molar refractivity (Wildman–Crippen MR) is 82.6 cm³/mol. The summed E-state index contributed by atoms with van der Waals surface area (Å²) in [5.41, 5.74) is 8.14. The minimum absolute atomic E-state index is 0.0375. The minimum Gasteiger partial charge on any atom is -0.327 e. The molecule has 4 nitrogen and oxygen atoms in total. The summed E-state index contributed by atoms with van der Waals surface area (Å²) in [5, 5.41) is 2.95. The number of hydrogen-bond donors (Lipinski definition) is 2. The Hall–Kier alpha value is -1.39. The molecule has 1 aromatic rings. The van der Waals surface area contributed by atoms with Gasteiger partial charge in [-0.3, -0.25) is 9.69 Å². The van der Waals surface area contributed by atoms with Gasteiger partial charge in [-0.25, -0.2) is 0 Å². The Balaban J connectivity index is 1.85. The maximum absolute atomic E-state index is 12.1. The number of hydrogen-bond acceptors (Lipinski definition) is 3. The van der Waals surface area contributed by atoms with E-state index in [1.54, 1.807) is 0 Å². The van der Waals surface area contributed by atoms with Gasteiger partial charge in [-0.15, -0.1) is 0 Å². The topological polar surface area (TPSA) is 58.4 Å². The highest BCUT2D eigenvalue weighted by Gasteiger charge is 2.23. The van der Waals surface area contributed by atoms with E-state index in [-0.39, 0.29) is 11.9 Å². The molecule has 0 aromatic heterocycles. The van der Waals surface area contributed by atoms with Crippen LogP contribution in [0, 0.1) is 5.92 Å². The van der Waals surface area contributed by atoms with E-state index in [0.29, 0.717) is 12.5 Å². The van der Waals surface area contributed by atoms with Crippen LogP contribution in [0.4, 0.5) is 5.69 Å². The van der Waals surface area contributed by atoms with E-state index < -0.39 is 0 Å². The van der Waals surface area contributed by atoms with Crippen molar-refractivity contribution in [3.05, 3.63) is 29.8 Å². The number of piperidine rings is 1. The number of carbonyl (C=O) groups is 1. The second kappa shape index (κ2) is 6.86. The first-order valence-electron chi connectivity index (χ1n) is 7.43. The molecule has 3 N–H and O–H groups in total. The van der Waals surface area contributed by atoms with Crippen LogP contribution in [0.1, 0.15) is 25.8 Å². The lowest BCUT2D eigenvalue weighted by Crippen LogP contribution is -2.48. The van der Waals surface area contributed by atoms with Crippen molar-refractivity contribution in [1.82, 2.24) is 4.90 Å². The summed E-state index contributed by atoms with van der Waals surface area (Å²) >= 11 is 0. The molecule has 2 atom stereocenters. The Morgan fingerprint density at radius 2 is 2.05 bits per heavy atom. The monoisotopic (exact) mass is 275 g/mol. The molecule has 110 valence electrons. The highest BCUT2D eigenvalue weighted by atomic mass is 16.2. The first-order chi connectivity index (χ1) is 9.56. The number of aryl methyl sites for hydroxylation is 1. The maximum atomic E-state index is 12.1. The number of benzene rings is 1. The number of nitrogens with one attached hydrogen (secondary N) is 1. The van der Waals surface area contributed by atoms with Gasteiger partial charge < -0.3 is 11.1 Å². The summed E-state index contributed by atoms with van der Waals surface area (Å²) in [6.45, 7) is 6.50. The van der Waals surface area contributed by atoms with Gasteiger partial charge in [0.25, 0.3) is 0 Å². The number of likely N-dealkylation sites (tertiary alicyclic amines) is 1. The Bertz CT molecular complexity index is 434. The third-order valence-corrected chi connectivity index (χ3v) is 3.78. The molecule has 1 saturated heterocycles. The molecule has 1 amide bonds. The number of rotatable bonds is 4. The Morgan fingerprint density at radius 1 is 1.35 bits per heavy atom. The fourth-order valence-corrected chi connectivity index (χ4v) is 2.87. The number of nitrogens with two attached hydrogens (primary N) is 1.